The fourth-order valence-corrected chi connectivity index (χ4v) is 2.54. The molecule has 0 aliphatic heterocycles. The van der Waals surface area contributed by atoms with E-state index in [1.807, 2.05) is 36.4 Å². The van der Waals surface area contributed by atoms with Crippen LogP contribution in [0.4, 0.5) is 0 Å². The molecule has 0 saturated heterocycles. The Kier molecular flexibility index (Phi) is 3.37. The third kappa shape index (κ3) is 2.81. The lowest BCUT2D eigenvalue weighted by Gasteiger charge is -2.04. The van der Waals surface area contributed by atoms with E-state index in [1.165, 1.54) is 5.30 Å². The summed E-state index contributed by atoms with van der Waals surface area (Å²) in [6.45, 7) is 0. The lowest BCUT2D eigenvalue weighted by atomic mass is 10.2. The highest BCUT2D eigenvalue weighted by Crippen LogP contribution is 2.24. The van der Waals surface area contributed by atoms with E-state index in [2.05, 4.69) is 12.1 Å². The maximum Gasteiger partial charge on any atom is 0.119 e. The van der Waals surface area contributed by atoms with Crippen molar-refractivity contribution in [3.63, 3.8) is 0 Å². The molecule has 2 heteroatoms. The van der Waals surface area contributed by atoms with Crippen molar-refractivity contribution in [3.8, 4) is 5.75 Å². The van der Waals surface area contributed by atoms with Gasteiger partial charge in [0.25, 0.3) is 0 Å². The molecule has 1 nitrogen and oxygen atoms in total. The number of phenols is 1. The number of benzene rings is 2. The van der Waals surface area contributed by atoms with E-state index < -0.39 is 0 Å². The summed E-state index contributed by atoms with van der Waals surface area (Å²) in [5, 5.41) is 10.9. The van der Waals surface area contributed by atoms with Crippen molar-refractivity contribution in [2.45, 2.75) is 6.16 Å². The highest BCUT2D eigenvalue weighted by Gasteiger charge is 1.99. The molecule has 2 aromatic carbocycles. The maximum absolute atomic E-state index is 9.59. The molecule has 0 amide bonds. The second-order valence-electron chi connectivity index (χ2n) is 3.35. The van der Waals surface area contributed by atoms with Crippen LogP contribution in [0.5, 0.6) is 5.75 Å². The van der Waals surface area contributed by atoms with E-state index >= 15 is 0 Å². The van der Waals surface area contributed by atoms with Crippen LogP contribution in [0.15, 0.2) is 54.6 Å². The first kappa shape index (κ1) is 10.2. The zero-order valence-electron chi connectivity index (χ0n) is 8.35. The van der Waals surface area contributed by atoms with E-state index in [9.17, 15) is 5.11 Å². The minimum Gasteiger partial charge on any atom is -0.508 e. The maximum atomic E-state index is 9.59. The first-order valence-electron chi connectivity index (χ1n) is 4.92. The summed E-state index contributed by atoms with van der Waals surface area (Å²) < 4.78 is 0. The highest BCUT2D eigenvalue weighted by molar-refractivity contribution is 7.46. The summed E-state index contributed by atoms with van der Waals surface area (Å²) >= 11 is 0. The zero-order chi connectivity index (χ0) is 10.5. The summed E-state index contributed by atoms with van der Waals surface area (Å²) in [5.41, 5.74) is 1.03. The highest BCUT2D eigenvalue weighted by atomic mass is 31.1. The summed E-state index contributed by atoms with van der Waals surface area (Å²) in [6.07, 6.45) is 0.913. The summed E-state index contributed by atoms with van der Waals surface area (Å²) in [6, 6.07) is 17.9. The molecule has 15 heavy (non-hydrogen) atoms. The predicted octanol–water partition coefficient (Wildman–Crippen LogP) is 2.90. The number of phenolic OH excluding ortho intramolecular Hbond substituents is 1. The van der Waals surface area contributed by atoms with Gasteiger partial charge in [-0.05, 0) is 23.1 Å². The van der Waals surface area contributed by atoms with Gasteiger partial charge in [0.15, 0.2) is 0 Å². The normalized spacial score (nSPS) is 10.9. The summed E-state index contributed by atoms with van der Waals surface area (Å²) in [5.74, 6) is 0.404. The molecule has 0 saturated carbocycles. The lowest BCUT2D eigenvalue weighted by Crippen LogP contribution is -1.92. The van der Waals surface area contributed by atoms with Crippen LogP contribution in [0.2, 0.25) is 0 Å². The molecule has 0 heterocycles. The molecule has 2 aromatic rings. The smallest absolute Gasteiger partial charge is 0.119 e. The minimum atomic E-state index is 0.404. The molecule has 0 radical (unpaired) electrons. The van der Waals surface area contributed by atoms with Crippen LogP contribution >= 0.6 is 8.58 Å². The van der Waals surface area contributed by atoms with Crippen molar-refractivity contribution < 1.29 is 5.11 Å². The second-order valence-corrected chi connectivity index (χ2v) is 4.63. The van der Waals surface area contributed by atoms with Crippen LogP contribution in [0, 0.1) is 0 Å². The molecule has 0 aromatic heterocycles. The third-order valence-corrected chi connectivity index (χ3v) is 3.55. The van der Waals surface area contributed by atoms with Gasteiger partial charge in [0, 0.05) is 0 Å². The Morgan fingerprint density at radius 2 is 1.53 bits per heavy atom. The molecular weight excluding hydrogens is 203 g/mol. The van der Waals surface area contributed by atoms with Gasteiger partial charge in [0.2, 0.25) is 0 Å². The Morgan fingerprint density at radius 1 is 0.867 bits per heavy atom. The van der Waals surface area contributed by atoms with Crippen LogP contribution in [0.1, 0.15) is 5.56 Å². The topological polar surface area (TPSA) is 20.2 Å². The SMILES string of the molecule is Oc1ccccc1CPc1ccccc1. The molecule has 0 bridgehead atoms. The van der Waals surface area contributed by atoms with Crippen molar-refractivity contribution >= 4 is 13.9 Å². The van der Waals surface area contributed by atoms with Crippen molar-refractivity contribution in [3.05, 3.63) is 60.2 Å². The predicted molar refractivity (Wildman–Crippen MR) is 66.2 cm³/mol. The van der Waals surface area contributed by atoms with Gasteiger partial charge < -0.3 is 5.11 Å². The van der Waals surface area contributed by atoms with Gasteiger partial charge in [0.05, 0.1) is 0 Å². The van der Waals surface area contributed by atoms with E-state index in [1.54, 1.807) is 6.07 Å². The molecule has 1 N–H and O–H groups in total. The number of rotatable bonds is 3. The van der Waals surface area contributed by atoms with Crippen LogP contribution in [0.25, 0.3) is 0 Å². The fraction of sp³-hybridized carbons (Fsp3) is 0.0769. The lowest BCUT2D eigenvalue weighted by molar-refractivity contribution is 0.470. The Balaban J connectivity index is 2.03. The first-order valence-corrected chi connectivity index (χ1v) is 6.13. The number of para-hydroxylation sites is 1. The molecule has 1 unspecified atom stereocenters. The van der Waals surface area contributed by atoms with Crippen LogP contribution in [0.3, 0.4) is 0 Å². The Labute approximate surface area is 91.6 Å². The van der Waals surface area contributed by atoms with Crippen LogP contribution in [-0.2, 0) is 6.16 Å². The average molecular weight is 216 g/mol. The second kappa shape index (κ2) is 4.95. The monoisotopic (exact) mass is 216 g/mol. The molecule has 1 atom stereocenters. The van der Waals surface area contributed by atoms with Gasteiger partial charge in [-0.2, -0.15) is 0 Å². The van der Waals surface area contributed by atoms with E-state index in [0.717, 1.165) is 20.3 Å². The quantitative estimate of drug-likeness (QED) is 0.782. The van der Waals surface area contributed by atoms with Crippen LogP contribution < -0.4 is 5.30 Å². The first-order chi connectivity index (χ1) is 7.36. The van der Waals surface area contributed by atoms with Gasteiger partial charge in [0.1, 0.15) is 5.75 Å². The van der Waals surface area contributed by atoms with E-state index in [0.29, 0.717) is 5.75 Å². The molecule has 2 rings (SSSR count). The standard InChI is InChI=1S/C13H13OP/c14-13-9-5-4-6-11(13)10-15-12-7-2-1-3-8-12/h1-9,14-15H,10H2. The third-order valence-electron chi connectivity index (χ3n) is 2.25. The summed E-state index contributed by atoms with van der Waals surface area (Å²) in [7, 11) is 0.718. The van der Waals surface area contributed by atoms with Gasteiger partial charge in [-0.15, -0.1) is 0 Å². The van der Waals surface area contributed by atoms with Gasteiger partial charge >= 0.3 is 0 Å². The van der Waals surface area contributed by atoms with E-state index in [4.69, 9.17) is 0 Å². The fourth-order valence-electron chi connectivity index (χ4n) is 1.41. The summed E-state index contributed by atoms with van der Waals surface area (Å²) in [4.78, 5) is 0. The van der Waals surface area contributed by atoms with Crippen molar-refractivity contribution in [1.29, 1.82) is 0 Å². The molecule has 0 fully saturated rings. The Hall–Kier alpha value is -1.33. The van der Waals surface area contributed by atoms with E-state index in [-0.39, 0.29) is 0 Å². The molecule has 0 spiro atoms. The van der Waals surface area contributed by atoms with Gasteiger partial charge in [-0.3, -0.25) is 0 Å². The molecule has 0 aliphatic rings. The van der Waals surface area contributed by atoms with Gasteiger partial charge in [-0.25, -0.2) is 0 Å². The molecular formula is C13H13OP. The van der Waals surface area contributed by atoms with Crippen molar-refractivity contribution in [2.75, 3.05) is 0 Å². The van der Waals surface area contributed by atoms with Crippen molar-refractivity contribution in [1.82, 2.24) is 0 Å². The molecule has 76 valence electrons. The number of hydrogen-bond donors (Lipinski definition) is 1. The number of hydrogen-bond acceptors (Lipinski definition) is 1. The molecule has 0 aliphatic carbocycles. The largest absolute Gasteiger partial charge is 0.508 e. The number of aromatic hydroxyl groups is 1. The minimum absolute atomic E-state index is 0.404. The van der Waals surface area contributed by atoms with Crippen molar-refractivity contribution in [2.24, 2.45) is 0 Å². The van der Waals surface area contributed by atoms with Crippen LogP contribution in [-0.4, -0.2) is 5.11 Å². The zero-order valence-corrected chi connectivity index (χ0v) is 9.35. The van der Waals surface area contributed by atoms with Gasteiger partial charge in [-0.1, -0.05) is 57.1 Å². The average Bonchev–Trinajstić information content (AvgIpc) is 2.29. The Bertz CT molecular complexity index is 426. The Morgan fingerprint density at radius 3 is 2.27 bits per heavy atom.